The third-order valence-electron chi connectivity index (χ3n) is 4.85. The summed E-state index contributed by atoms with van der Waals surface area (Å²) in [5, 5.41) is 15.6. The first-order valence-corrected chi connectivity index (χ1v) is 9.76. The van der Waals surface area contributed by atoms with Gasteiger partial charge in [0.15, 0.2) is 0 Å². The van der Waals surface area contributed by atoms with Crippen molar-refractivity contribution in [1.29, 1.82) is 0 Å². The molecule has 0 aliphatic heterocycles. The molecule has 3 rings (SSSR count). The Kier molecular flexibility index (Phi) is 5.73. The average Bonchev–Trinajstić information content (AvgIpc) is 3.06. The van der Waals surface area contributed by atoms with Gasteiger partial charge in [0.25, 0.3) is 0 Å². The highest BCUT2D eigenvalue weighted by Gasteiger charge is 2.23. The monoisotopic (exact) mass is 359 g/mol. The van der Waals surface area contributed by atoms with Crippen molar-refractivity contribution in [3.05, 3.63) is 29.3 Å². The van der Waals surface area contributed by atoms with Crippen molar-refractivity contribution in [3.63, 3.8) is 0 Å². The summed E-state index contributed by atoms with van der Waals surface area (Å²) in [6.07, 6.45) is 5.86. The van der Waals surface area contributed by atoms with Gasteiger partial charge in [0.05, 0.1) is 10.9 Å². The summed E-state index contributed by atoms with van der Waals surface area (Å²) in [6.45, 7) is 6.03. The molecule has 1 atom stereocenters. The van der Waals surface area contributed by atoms with Gasteiger partial charge in [-0.3, -0.25) is 4.79 Å². The first-order chi connectivity index (χ1) is 12.1. The Hall–Kier alpha value is -1.89. The van der Waals surface area contributed by atoms with E-state index in [1.807, 2.05) is 19.1 Å². The molecule has 7 heteroatoms. The van der Waals surface area contributed by atoms with E-state index in [2.05, 4.69) is 40.8 Å². The molecule has 0 saturated heterocycles. The van der Waals surface area contributed by atoms with Crippen molar-refractivity contribution in [3.8, 4) is 5.69 Å². The number of carbonyl (C=O) groups is 1. The molecule has 0 unspecified atom stereocenters. The molecule has 1 aliphatic carbocycles. The van der Waals surface area contributed by atoms with Gasteiger partial charge in [-0.2, -0.15) is 4.68 Å². The van der Waals surface area contributed by atoms with Crippen LogP contribution in [0, 0.1) is 13.8 Å². The Balaban J connectivity index is 1.70. The second-order valence-corrected chi connectivity index (χ2v) is 8.00. The first-order valence-electron chi connectivity index (χ1n) is 8.88. The molecule has 134 valence electrons. The maximum Gasteiger partial charge on any atom is 0.233 e. The lowest BCUT2D eigenvalue weighted by Crippen LogP contribution is -2.40. The highest BCUT2D eigenvalue weighted by atomic mass is 32.2. The fraction of sp³-hybridized carbons (Fsp3) is 0.556. The van der Waals surface area contributed by atoms with Gasteiger partial charge in [-0.05, 0) is 61.2 Å². The van der Waals surface area contributed by atoms with E-state index >= 15 is 0 Å². The minimum absolute atomic E-state index is 0.0624. The van der Waals surface area contributed by atoms with Gasteiger partial charge >= 0.3 is 0 Å². The molecular weight excluding hydrogens is 334 g/mol. The molecule has 25 heavy (non-hydrogen) atoms. The molecule has 1 aromatic heterocycles. The van der Waals surface area contributed by atoms with E-state index in [1.165, 1.54) is 36.6 Å². The van der Waals surface area contributed by atoms with Crippen molar-refractivity contribution in [1.82, 2.24) is 25.5 Å². The van der Waals surface area contributed by atoms with Gasteiger partial charge in [0, 0.05) is 6.04 Å². The summed E-state index contributed by atoms with van der Waals surface area (Å²) in [5.74, 6) is 0.0624. The van der Waals surface area contributed by atoms with Crippen molar-refractivity contribution in [2.24, 2.45) is 0 Å². The zero-order valence-corrected chi connectivity index (χ0v) is 15.8. The summed E-state index contributed by atoms with van der Waals surface area (Å²) in [5.41, 5.74) is 3.27. The van der Waals surface area contributed by atoms with E-state index in [-0.39, 0.29) is 11.2 Å². The Morgan fingerprint density at radius 2 is 2.04 bits per heavy atom. The van der Waals surface area contributed by atoms with Crippen LogP contribution in [0.4, 0.5) is 0 Å². The van der Waals surface area contributed by atoms with Crippen LogP contribution in [-0.2, 0) is 4.79 Å². The predicted molar refractivity (Wildman–Crippen MR) is 99.0 cm³/mol. The average molecular weight is 359 g/mol. The van der Waals surface area contributed by atoms with Gasteiger partial charge < -0.3 is 5.32 Å². The van der Waals surface area contributed by atoms with Crippen LogP contribution in [-0.4, -0.2) is 37.4 Å². The summed E-state index contributed by atoms with van der Waals surface area (Å²) in [7, 11) is 0. The molecule has 0 bridgehead atoms. The van der Waals surface area contributed by atoms with Crippen LogP contribution in [0.25, 0.3) is 5.69 Å². The molecule has 1 fully saturated rings. The number of nitrogens with one attached hydrogen (secondary N) is 1. The van der Waals surface area contributed by atoms with E-state index < -0.39 is 0 Å². The van der Waals surface area contributed by atoms with Crippen LogP contribution < -0.4 is 5.32 Å². The number of nitrogens with zero attached hydrogens (tertiary/aromatic N) is 4. The number of amides is 1. The Morgan fingerprint density at radius 3 is 2.80 bits per heavy atom. The number of benzene rings is 1. The van der Waals surface area contributed by atoms with Crippen LogP contribution in [0.2, 0.25) is 0 Å². The molecule has 1 aromatic carbocycles. The number of hydrogen-bond acceptors (Lipinski definition) is 5. The molecule has 1 heterocycles. The molecule has 1 amide bonds. The number of carbonyl (C=O) groups excluding carboxylic acids is 1. The fourth-order valence-corrected chi connectivity index (χ4v) is 3.96. The van der Waals surface area contributed by atoms with Crippen LogP contribution >= 0.6 is 11.8 Å². The van der Waals surface area contributed by atoms with Crippen molar-refractivity contribution >= 4 is 17.7 Å². The molecule has 0 spiro atoms. The fourth-order valence-electron chi connectivity index (χ4n) is 3.15. The van der Waals surface area contributed by atoms with Gasteiger partial charge in [-0.25, -0.2) is 0 Å². The maximum atomic E-state index is 12.5. The quantitative estimate of drug-likeness (QED) is 0.830. The number of aromatic nitrogens is 4. The normalized spacial score (nSPS) is 16.6. The van der Waals surface area contributed by atoms with Crippen molar-refractivity contribution < 1.29 is 4.79 Å². The Bertz CT molecular complexity index is 739. The van der Waals surface area contributed by atoms with E-state index in [0.717, 1.165) is 24.1 Å². The van der Waals surface area contributed by atoms with E-state index in [0.29, 0.717) is 11.2 Å². The first kappa shape index (κ1) is 17.9. The van der Waals surface area contributed by atoms with Gasteiger partial charge in [0.1, 0.15) is 0 Å². The summed E-state index contributed by atoms with van der Waals surface area (Å²) >= 11 is 1.40. The standard InChI is InChI=1S/C18H25N5OS/c1-12-8-7-11-16(13(12)2)23-18(20-21-22-23)25-14(3)17(24)19-15-9-5-4-6-10-15/h7-8,11,14-15H,4-6,9-10H2,1-3H3,(H,19,24)/t14-/m0/s1. The topological polar surface area (TPSA) is 72.7 Å². The van der Waals surface area contributed by atoms with Crippen LogP contribution in [0.15, 0.2) is 23.4 Å². The highest BCUT2D eigenvalue weighted by Crippen LogP contribution is 2.26. The lowest BCUT2D eigenvalue weighted by atomic mass is 9.95. The third-order valence-corrected chi connectivity index (χ3v) is 5.88. The van der Waals surface area contributed by atoms with Crippen molar-refractivity contribution in [2.75, 3.05) is 0 Å². The summed E-state index contributed by atoms with van der Waals surface area (Å²) < 4.78 is 1.72. The number of hydrogen-bond donors (Lipinski definition) is 1. The lowest BCUT2D eigenvalue weighted by molar-refractivity contribution is -0.121. The lowest BCUT2D eigenvalue weighted by Gasteiger charge is -2.24. The molecule has 1 saturated carbocycles. The van der Waals surface area contributed by atoms with Gasteiger partial charge in [-0.15, -0.1) is 5.10 Å². The smallest absolute Gasteiger partial charge is 0.233 e. The summed E-state index contributed by atoms with van der Waals surface area (Å²) in [4.78, 5) is 12.5. The number of thioether (sulfide) groups is 1. The molecule has 2 aromatic rings. The number of aryl methyl sites for hydroxylation is 1. The largest absolute Gasteiger partial charge is 0.352 e. The molecule has 1 aliphatic rings. The zero-order chi connectivity index (χ0) is 17.8. The van der Waals surface area contributed by atoms with E-state index in [1.54, 1.807) is 4.68 Å². The summed E-state index contributed by atoms with van der Waals surface area (Å²) in [6, 6.07) is 6.37. The molecule has 1 N–H and O–H groups in total. The van der Waals surface area contributed by atoms with E-state index in [4.69, 9.17) is 0 Å². The SMILES string of the molecule is Cc1cccc(-n2nnnc2S[C@@H](C)C(=O)NC2CCCCC2)c1C. The van der Waals surface area contributed by atoms with E-state index in [9.17, 15) is 4.79 Å². The van der Waals surface area contributed by atoms with Crippen LogP contribution in [0.1, 0.15) is 50.2 Å². The Labute approximate surface area is 152 Å². The molecule has 6 nitrogen and oxygen atoms in total. The molecule has 0 radical (unpaired) electrons. The minimum Gasteiger partial charge on any atom is -0.352 e. The second-order valence-electron chi connectivity index (χ2n) is 6.70. The maximum absolute atomic E-state index is 12.5. The van der Waals surface area contributed by atoms with Crippen molar-refractivity contribution in [2.45, 2.75) is 69.3 Å². The van der Waals surface area contributed by atoms with Gasteiger partial charge in [0.2, 0.25) is 11.1 Å². The number of tetrazole rings is 1. The third kappa shape index (κ3) is 4.21. The minimum atomic E-state index is -0.239. The molecular formula is C18H25N5OS. The van der Waals surface area contributed by atoms with Crippen LogP contribution in [0.5, 0.6) is 0 Å². The van der Waals surface area contributed by atoms with Crippen LogP contribution in [0.3, 0.4) is 0 Å². The zero-order valence-electron chi connectivity index (χ0n) is 15.0. The second kappa shape index (κ2) is 7.99. The van der Waals surface area contributed by atoms with Gasteiger partial charge in [-0.1, -0.05) is 43.2 Å². The predicted octanol–water partition coefficient (Wildman–Crippen LogP) is 3.21. The number of rotatable bonds is 5. The highest BCUT2D eigenvalue weighted by molar-refractivity contribution is 8.00. The Morgan fingerprint density at radius 1 is 1.28 bits per heavy atom.